The Morgan fingerprint density at radius 1 is 0.500 bits per heavy atom. The molecule has 0 saturated heterocycles. The number of halogens is 3. The van der Waals surface area contributed by atoms with Gasteiger partial charge in [0, 0.05) is 0 Å². The molecule has 3 aromatic carbocycles. The molecular formula is C31H37F3. The van der Waals surface area contributed by atoms with Gasteiger partial charge in [0.05, 0.1) is 5.56 Å². The summed E-state index contributed by atoms with van der Waals surface area (Å²) in [5, 5.41) is 0. The van der Waals surface area contributed by atoms with Gasteiger partial charge in [-0.05, 0) is 86.4 Å². The van der Waals surface area contributed by atoms with Crippen LogP contribution in [-0.2, 0) is 6.18 Å². The number of benzene rings is 3. The lowest BCUT2D eigenvalue weighted by Gasteiger charge is -2.24. The van der Waals surface area contributed by atoms with Crippen molar-refractivity contribution in [2.75, 3.05) is 0 Å². The molecule has 0 bridgehead atoms. The third kappa shape index (κ3) is 5.24. The van der Waals surface area contributed by atoms with Crippen molar-refractivity contribution in [2.24, 2.45) is 0 Å². The Kier molecular flexibility index (Phi) is 7.65. The summed E-state index contributed by atoms with van der Waals surface area (Å²) in [4.78, 5) is 0. The van der Waals surface area contributed by atoms with E-state index in [-0.39, 0.29) is 23.7 Å². The molecular weight excluding hydrogens is 429 g/mol. The van der Waals surface area contributed by atoms with Crippen LogP contribution in [0.2, 0.25) is 0 Å². The number of hydrogen-bond acceptors (Lipinski definition) is 0. The Morgan fingerprint density at radius 3 is 1.03 bits per heavy atom. The summed E-state index contributed by atoms with van der Waals surface area (Å²) in [6.45, 7) is 16.8. The van der Waals surface area contributed by atoms with Gasteiger partial charge in [-0.15, -0.1) is 0 Å². The second-order valence-corrected chi connectivity index (χ2v) is 10.5. The van der Waals surface area contributed by atoms with E-state index in [1.165, 1.54) is 12.1 Å². The molecule has 0 nitrogen and oxygen atoms in total. The van der Waals surface area contributed by atoms with E-state index in [0.717, 1.165) is 33.4 Å². The normalized spacial score (nSPS) is 12.4. The molecule has 0 fully saturated rings. The topological polar surface area (TPSA) is 0 Å². The van der Waals surface area contributed by atoms with Crippen molar-refractivity contribution in [1.29, 1.82) is 0 Å². The van der Waals surface area contributed by atoms with Crippen molar-refractivity contribution in [3.8, 4) is 22.3 Å². The van der Waals surface area contributed by atoms with E-state index >= 15 is 0 Å². The maximum absolute atomic E-state index is 14.2. The number of hydrogen-bond donors (Lipinski definition) is 0. The van der Waals surface area contributed by atoms with Crippen molar-refractivity contribution < 1.29 is 13.2 Å². The first-order valence-electron chi connectivity index (χ1n) is 12.3. The molecule has 0 radical (unpaired) electrons. The molecule has 0 aliphatic carbocycles. The van der Waals surface area contributed by atoms with Crippen LogP contribution in [-0.4, -0.2) is 0 Å². The highest BCUT2D eigenvalue weighted by Gasteiger charge is 2.32. The minimum Gasteiger partial charge on any atom is -0.166 e. The van der Waals surface area contributed by atoms with Crippen LogP contribution in [0.5, 0.6) is 0 Å². The van der Waals surface area contributed by atoms with Crippen LogP contribution in [0.25, 0.3) is 22.3 Å². The maximum Gasteiger partial charge on any atom is 0.416 e. The summed E-state index contributed by atoms with van der Waals surface area (Å²) < 4.78 is 42.6. The first-order valence-corrected chi connectivity index (χ1v) is 12.3. The highest BCUT2D eigenvalue weighted by atomic mass is 19.4. The molecule has 0 spiro atoms. The van der Waals surface area contributed by atoms with E-state index in [1.54, 1.807) is 0 Å². The fraction of sp³-hybridized carbons (Fsp3) is 0.419. The Morgan fingerprint density at radius 2 is 0.794 bits per heavy atom. The second kappa shape index (κ2) is 9.98. The molecule has 3 aromatic rings. The van der Waals surface area contributed by atoms with Gasteiger partial charge in [-0.2, -0.15) is 13.2 Å². The van der Waals surface area contributed by atoms with E-state index in [9.17, 15) is 13.2 Å². The molecule has 34 heavy (non-hydrogen) atoms. The summed E-state index contributed by atoms with van der Waals surface area (Å²) in [7, 11) is 0. The molecule has 3 heteroatoms. The van der Waals surface area contributed by atoms with Gasteiger partial charge in [0.15, 0.2) is 0 Å². The summed E-state index contributed by atoms with van der Waals surface area (Å²) in [5.74, 6) is 0.781. The van der Waals surface area contributed by atoms with Crippen LogP contribution in [0.3, 0.4) is 0 Å². The average molecular weight is 467 g/mol. The lowest BCUT2D eigenvalue weighted by Crippen LogP contribution is -2.08. The summed E-state index contributed by atoms with van der Waals surface area (Å²) in [6, 6.07) is 16.9. The highest BCUT2D eigenvalue weighted by Crippen LogP contribution is 2.44. The van der Waals surface area contributed by atoms with Crippen LogP contribution in [0.4, 0.5) is 13.2 Å². The van der Waals surface area contributed by atoms with Crippen LogP contribution in [0.15, 0.2) is 54.6 Å². The Bertz CT molecular complexity index is 1010. The maximum atomic E-state index is 14.2. The molecule has 0 atom stereocenters. The van der Waals surface area contributed by atoms with E-state index in [2.05, 4.69) is 55.4 Å². The molecule has 0 aromatic heterocycles. The van der Waals surface area contributed by atoms with Crippen LogP contribution in [0, 0.1) is 0 Å². The first-order chi connectivity index (χ1) is 15.8. The van der Waals surface area contributed by atoms with Crippen LogP contribution < -0.4 is 0 Å². The van der Waals surface area contributed by atoms with Gasteiger partial charge in [0.25, 0.3) is 0 Å². The molecule has 0 amide bonds. The van der Waals surface area contributed by atoms with E-state index in [0.29, 0.717) is 11.1 Å². The fourth-order valence-corrected chi connectivity index (χ4v) is 4.85. The van der Waals surface area contributed by atoms with E-state index in [4.69, 9.17) is 0 Å². The van der Waals surface area contributed by atoms with Crippen molar-refractivity contribution >= 4 is 0 Å². The van der Waals surface area contributed by atoms with Gasteiger partial charge in [0.2, 0.25) is 0 Å². The fourth-order valence-electron chi connectivity index (χ4n) is 4.85. The molecule has 0 aliphatic rings. The minimum absolute atomic E-state index is 0.195. The standard InChI is InChI=1S/C31H37F3/c1-18(2)25-11-9-12-26(19(3)4)29(25)22-15-23(17-24(16-22)31(32,33)34)30-27(20(5)6)13-10-14-28(30)21(7)8/h9-21H,1-8H3. The third-order valence-corrected chi connectivity index (χ3v) is 6.58. The summed E-state index contributed by atoms with van der Waals surface area (Å²) in [5.41, 5.74) is 6.89. The Balaban J connectivity index is 2.47. The van der Waals surface area contributed by atoms with Gasteiger partial charge in [-0.3, -0.25) is 0 Å². The lowest BCUT2D eigenvalue weighted by molar-refractivity contribution is -0.137. The number of alkyl halides is 3. The largest absolute Gasteiger partial charge is 0.416 e. The van der Waals surface area contributed by atoms with E-state index in [1.807, 2.05) is 42.5 Å². The number of rotatable bonds is 6. The van der Waals surface area contributed by atoms with Crippen molar-refractivity contribution in [3.63, 3.8) is 0 Å². The Hall–Kier alpha value is -2.55. The van der Waals surface area contributed by atoms with Gasteiger partial charge in [0.1, 0.15) is 0 Å². The zero-order valence-corrected chi connectivity index (χ0v) is 21.6. The quantitative estimate of drug-likeness (QED) is 0.339. The van der Waals surface area contributed by atoms with Gasteiger partial charge in [-0.25, -0.2) is 0 Å². The third-order valence-electron chi connectivity index (χ3n) is 6.58. The van der Waals surface area contributed by atoms with Crippen molar-refractivity contribution in [1.82, 2.24) is 0 Å². The average Bonchev–Trinajstić information content (AvgIpc) is 2.76. The van der Waals surface area contributed by atoms with Crippen LogP contribution in [0.1, 0.15) is 107 Å². The SMILES string of the molecule is CC(C)c1cccc(C(C)C)c1-c1cc(-c2c(C(C)C)cccc2C(C)C)cc(C(F)(F)F)c1. The second-order valence-electron chi connectivity index (χ2n) is 10.5. The molecule has 182 valence electrons. The van der Waals surface area contributed by atoms with Crippen LogP contribution >= 0.6 is 0 Å². The van der Waals surface area contributed by atoms with Gasteiger partial charge in [-0.1, -0.05) is 91.8 Å². The zero-order valence-electron chi connectivity index (χ0n) is 21.6. The highest BCUT2D eigenvalue weighted by molar-refractivity contribution is 5.81. The molecule has 0 saturated carbocycles. The molecule has 0 N–H and O–H groups in total. The lowest BCUT2D eigenvalue weighted by atomic mass is 9.81. The first kappa shape index (κ1) is 26.1. The molecule has 0 aliphatic heterocycles. The summed E-state index contributed by atoms with van der Waals surface area (Å²) in [6.07, 6.45) is -4.43. The van der Waals surface area contributed by atoms with Crippen molar-refractivity contribution in [2.45, 2.75) is 85.2 Å². The molecule has 3 rings (SSSR count). The predicted molar refractivity (Wildman–Crippen MR) is 139 cm³/mol. The Labute approximate surface area is 203 Å². The smallest absolute Gasteiger partial charge is 0.166 e. The van der Waals surface area contributed by atoms with E-state index < -0.39 is 11.7 Å². The monoisotopic (exact) mass is 466 g/mol. The zero-order chi connectivity index (χ0) is 25.4. The predicted octanol–water partition coefficient (Wildman–Crippen LogP) is 10.5. The van der Waals surface area contributed by atoms with Gasteiger partial charge < -0.3 is 0 Å². The molecule has 0 heterocycles. The van der Waals surface area contributed by atoms with Crippen molar-refractivity contribution in [3.05, 3.63) is 82.4 Å². The summed E-state index contributed by atoms with van der Waals surface area (Å²) >= 11 is 0. The minimum atomic E-state index is -4.43. The van der Waals surface area contributed by atoms with Gasteiger partial charge >= 0.3 is 6.18 Å². The molecule has 0 unspecified atom stereocenters.